The van der Waals surface area contributed by atoms with Gasteiger partial charge in [0.25, 0.3) is 0 Å². The monoisotopic (exact) mass is 242 g/mol. The zero-order chi connectivity index (χ0) is 11.5. The first-order chi connectivity index (χ1) is 7.68. The van der Waals surface area contributed by atoms with Gasteiger partial charge in [-0.2, -0.15) is 11.8 Å². The molecule has 0 radical (unpaired) electrons. The number of nitrogens with one attached hydrogen (secondary N) is 1. The number of amides is 1. The Balaban J connectivity index is 1.89. The van der Waals surface area contributed by atoms with Crippen LogP contribution in [0, 0.1) is 5.92 Å². The Kier molecular flexibility index (Phi) is 4.14. The predicted molar refractivity (Wildman–Crippen MR) is 68.7 cm³/mol. The Labute approximate surface area is 102 Å². The standard InChI is InChI=1S/C12H22N2OS/c1-9-3-5-13-11(7-9)12(15)14(2)10-4-6-16-8-10/h9-11,13H,3-8H2,1-2H3. The largest absolute Gasteiger partial charge is 0.341 e. The molecule has 2 aliphatic rings. The summed E-state index contributed by atoms with van der Waals surface area (Å²) in [4.78, 5) is 14.3. The summed E-state index contributed by atoms with van der Waals surface area (Å²) >= 11 is 1.96. The van der Waals surface area contributed by atoms with Crippen molar-refractivity contribution in [1.29, 1.82) is 0 Å². The minimum atomic E-state index is 0.0688. The molecule has 2 saturated heterocycles. The molecule has 0 aromatic rings. The van der Waals surface area contributed by atoms with Crippen LogP contribution in [0.3, 0.4) is 0 Å². The third-order valence-electron chi connectivity index (χ3n) is 3.77. The van der Waals surface area contributed by atoms with Crippen LogP contribution in [0.1, 0.15) is 26.2 Å². The molecule has 2 rings (SSSR count). The van der Waals surface area contributed by atoms with E-state index >= 15 is 0 Å². The second kappa shape index (κ2) is 5.41. The van der Waals surface area contributed by atoms with E-state index in [2.05, 4.69) is 12.2 Å². The number of carbonyl (C=O) groups is 1. The lowest BCUT2D eigenvalue weighted by atomic mass is 9.93. The number of hydrogen-bond acceptors (Lipinski definition) is 3. The third kappa shape index (κ3) is 2.72. The second-order valence-electron chi connectivity index (χ2n) is 5.10. The summed E-state index contributed by atoms with van der Waals surface area (Å²) in [6.07, 6.45) is 3.37. The van der Waals surface area contributed by atoms with Gasteiger partial charge in [-0.1, -0.05) is 6.92 Å². The Bertz CT molecular complexity index is 249. The van der Waals surface area contributed by atoms with Gasteiger partial charge in [-0.3, -0.25) is 4.79 Å². The van der Waals surface area contributed by atoms with Gasteiger partial charge in [0, 0.05) is 18.8 Å². The van der Waals surface area contributed by atoms with Crippen LogP contribution in [0.4, 0.5) is 0 Å². The summed E-state index contributed by atoms with van der Waals surface area (Å²) in [5.41, 5.74) is 0. The van der Waals surface area contributed by atoms with Crippen molar-refractivity contribution in [1.82, 2.24) is 10.2 Å². The number of rotatable bonds is 2. The first-order valence-electron chi connectivity index (χ1n) is 6.26. The van der Waals surface area contributed by atoms with Crippen LogP contribution in [-0.4, -0.2) is 48.0 Å². The number of carbonyl (C=O) groups excluding carboxylic acids is 1. The highest BCUT2D eigenvalue weighted by molar-refractivity contribution is 7.99. The minimum absolute atomic E-state index is 0.0688. The first kappa shape index (κ1) is 12.2. The van der Waals surface area contributed by atoms with Gasteiger partial charge in [-0.05, 0) is 37.5 Å². The van der Waals surface area contributed by atoms with Gasteiger partial charge >= 0.3 is 0 Å². The summed E-state index contributed by atoms with van der Waals surface area (Å²) in [7, 11) is 1.97. The number of piperidine rings is 1. The van der Waals surface area contributed by atoms with Gasteiger partial charge < -0.3 is 10.2 Å². The molecule has 16 heavy (non-hydrogen) atoms. The summed E-state index contributed by atoms with van der Waals surface area (Å²) < 4.78 is 0. The maximum atomic E-state index is 12.3. The molecule has 0 aromatic carbocycles. The van der Waals surface area contributed by atoms with Crippen LogP contribution < -0.4 is 5.32 Å². The maximum absolute atomic E-state index is 12.3. The van der Waals surface area contributed by atoms with Crippen molar-refractivity contribution in [3.63, 3.8) is 0 Å². The third-order valence-corrected chi connectivity index (χ3v) is 4.91. The van der Waals surface area contributed by atoms with Crippen LogP contribution in [0.25, 0.3) is 0 Å². The van der Waals surface area contributed by atoms with Gasteiger partial charge in [0.2, 0.25) is 5.91 Å². The van der Waals surface area contributed by atoms with Crippen molar-refractivity contribution in [3.8, 4) is 0 Å². The molecule has 92 valence electrons. The van der Waals surface area contributed by atoms with E-state index in [-0.39, 0.29) is 6.04 Å². The lowest BCUT2D eigenvalue weighted by Gasteiger charge is -2.33. The molecule has 2 aliphatic heterocycles. The van der Waals surface area contributed by atoms with Crippen molar-refractivity contribution in [2.45, 2.75) is 38.3 Å². The van der Waals surface area contributed by atoms with Crippen LogP contribution in [-0.2, 0) is 4.79 Å². The zero-order valence-corrected chi connectivity index (χ0v) is 11.1. The van der Waals surface area contributed by atoms with E-state index in [4.69, 9.17) is 0 Å². The normalized spacial score (nSPS) is 35.0. The second-order valence-corrected chi connectivity index (χ2v) is 6.25. The molecule has 4 heteroatoms. The summed E-state index contributed by atoms with van der Waals surface area (Å²) in [5, 5.41) is 3.36. The van der Waals surface area contributed by atoms with E-state index in [1.807, 2.05) is 23.7 Å². The van der Waals surface area contributed by atoms with Gasteiger partial charge in [0.05, 0.1) is 6.04 Å². The lowest BCUT2D eigenvalue weighted by Crippen LogP contribution is -2.51. The van der Waals surface area contributed by atoms with Crippen molar-refractivity contribution in [3.05, 3.63) is 0 Å². The van der Waals surface area contributed by atoms with Crippen molar-refractivity contribution in [2.24, 2.45) is 5.92 Å². The fraction of sp³-hybridized carbons (Fsp3) is 0.917. The average Bonchev–Trinajstić information content (AvgIpc) is 2.80. The molecular formula is C12H22N2OS. The van der Waals surface area contributed by atoms with E-state index in [0.717, 1.165) is 25.1 Å². The van der Waals surface area contributed by atoms with Crippen molar-refractivity contribution in [2.75, 3.05) is 25.1 Å². The lowest BCUT2D eigenvalue weighted by molar-refractivity contribution is -0.134. The molecular weight excluding hydrogens is 220 g/mol. The van der Waals surface area contributed by atoms with Gasteiger partial charge in [0.15, 0.2) is 0 Å². The summed E-state index contributed by atoms with van der Waals surface area (Å²) in [6, 6.07) is 0.538. The first-order valence-corrected chi connectivity index (χ1v) is 7.41. The fourth-order valence-electron chi connectivity index (χ4n) is 2.55. The topological polar surface area (TPSA) is 32.3 Å². The predicted octanol–water partition coefficient (Wildman–Crippen LogP) is 1.34. The van der Waals surface area contributed by atoms with Crippen LogP contribution >= 0.6 is 11.8 Å². The highest BCUT2D eigenvalue weighted by Gasteiger charge is 2.31. The molecule has 1 N–H and O–H groups in total. The average molecular weight is 242 g/mol. The molecule has 3 atom stereocenters. The summed E-state index contributed by atoms with van der Waals surface area (Å²) in [5.74, 6) is 3.31. The molecule has 0 spiro atoms. The number of thioether (sulfide) groups is 1. The van der Waals surface area contributed by atoms with E-state index in [1.165, 1.54) is 12.2 Å². The van der Waals surface area contributed by atoms with Crippen LogP contribution in [0.15, 0.2) is 0 Å². The molecule has 0 aromatic heterocycles. The Morgan fingerprint density at radius 2 is 2.25 bits per heavy atom. The molecule has 0 aliphatic carbocycles. The number of likely N-dealkylation sites (N-methyl/N-ethyl adjacent to an activating group) is 1. The van der Waals surface area contributed by atoms with E-state index < -0.39 is 0 Å². The molecule has 2 heterocycles. The van der Waals surface area contributed by atoms with Crippen molar-refractivity contribution >= 4 is 17.7 Å². The molecule has 0 bridgehead atoms. The SMILES string of the molecule is CC1CCNC(C(=O)N(C)C2CCSC2)C1. The Morgan fingerprint density at radius 1 is 1.44 bits per heavy atom. The number of hydrogen-bond donors (Lipinski definition) is 1. The van der Waals surface area contributed by atoms with Crippen molar-refractivity contribution < 1.29 is 4.79 Å². The highest BCUT2D eigenvalue weighted by Crippen LogP contribution is 2.23. The zero-order valence-electron chi connectivity index (χ0n) is 10.2. The molecule has 3 nitrogen and oxygen atoms in total. The van der Waals surface area contributed by atoms with Crippen LogP contribution in [0.5, 0.6) is 0 Å². The molecule has 2 fully saturated rings. The van der Waals surface area contributed by atoms with Gasteiger partial charge in [0.1, 0.15) is 0 Å². The molecule has 1 amide bonds. The molecule has 0 saturated carbocycles. The fourth-order valence-corrected chi connectivity index (χ4v) is 3.82. The van der Waals surface area contributed by atoms with E-state index in [9.17, 15) is 4.79 Å². The van der Waals surface area contributed by atoms with Crippen LogP contribution in [0.2, 0.25) is 0 Å². The van der Waals surface area contributed by atoms with Gasteiger partial charge in [-0.15, -0.1) is 0 Å². The van der Waals surface area contributed by atoms with E-state index in [1.54, 1.807) is 0 Å². The smallest absolute Gasteiger partial charge is 0.239 e. The Morgan fingerprint density at radius 3 is 2.88 bits per heavy atom. The summed E-state index contributed by atoms with van der Waals surface area (Å²) in [6.45, 7) is 3.23. The highest BCUT2D eigenvalue weighted by atomic mass is 32.2. The minimum Gasteiger partial charge on any atom is -0.341 e. The molecule has 3 unspecified atom stereocenters. The Hall–Kier alpha value is -0.220. The van der Waals surface area contributed by atoms with Gasteiger partial charge in [-0.25, -0.2) is 0 Å². The van der Waals surface area contributed by atoms with E-state index in [0.29, 0.717) is 17.9 Å². The number of nitrogens with zero attached hydrogens (tertiary/aromatic N) is 1. The quantitative estimate of drug-likeness (QED) is 0.793. The maximum Gasteiger partial charge on any atom is 0.239 e.